The third kappa shape index (κ3) is 3.26. The Bertz CT molecular complexity index is 1030. The van der Waals surface area contributed by atoms with Crippen molar-refractivity contribution < 1.29 is 4.74 Å². The van der Waals surface area contributed by atoms with Crippen LogP contribution in [0.2, 0.25) is 0 Å². The second-order valence-corrected chi connectivity index (χ2v) is 7.13. The highest BCUT2D eigenvalue weighted by Crippen LogP contribution is 2.36. The maximum atomic E-state index is 5.32. The lowest BCUT2D eigenvalue weighted by molar-refractivity contribution is 0.414. The summed E-state index contributed by atoms with van der Waals surface area (Å²) in [5, 5.41) is 1.08. The number of hydrogen-bond acceptors (Lipinski definition) is 5. The van der Waals surface area contributed by atoms with Gasteiger partial charge in [-0.3, -0.25) is 0 Å². The van der Waals surface area contributed by atoms with Crippen LogP contribution in [0.15, 0.2) is 67.0 Å². The second kappa shape index (κ2) is 7.14. The Morgan fingerprint density at radius 2 is 1.85 bits per heavy atom. The molecule has 0 aliphatic rings. The van der Waals surface area contributed by atoms with Crippen molar-refractivity contribution in [2.24, 2.45) is 0 Å². The molecule has 0 saturated carbocycles. The van der Waals surface area contributed by atoms with E-state index in [4.69, 9.17) is 4.74 Å². The van der Waals surface area contributed by atoms with Crippen molar-refractivity contribution in [3.63, 3.8) is 0 Å². The minimum Gasteiger partial charge on any atom is -0.497 e. The summed E-state index contributed by atoms with van der Waals surface area (Å²) in [5.74, 6) is 1.81. The summed E-state index contributed by atoms with van der Waals surface area (Å²) < 4.78 is 5.32. The van der Waals surface area contributed by atoms with Crippen molar-refractivity contribution in [3.05, 3.63) is 72.6 Å². The van der Waals surface area contributed by atoms with Gasteiger partial charge in [0.2, 0.25) is 0 Å². The third-order valence-corrected chi connectivity index (χ3v) is 5.37. The molecule has 0 unspecified atom stereocenters. The van der Waals surface area contributed by atoms with E-state index in [9.17, 15) is 0 Å². The SMILES string of the molecule is COc1cccc(CN(C)c2ncnc3sc(-c4ccccc4)cc23)c1. The van der Waals surface area contributed by atoms with E-state index >= 15 is 0 Å². The van der Waals surface area contributed by atoms with Crippen LogP contribution in [0.25, 0.3) is 20.7 Å². The highest BCUT2D eigenvalue weighted by molar-refractivity contribution is 7.21. The minimum atomic E-state index is 0.750. The summed E-state index contributed by atoms with van der Waals surface area (Å²) in [6, 6.07) is 20.7. The third-order valence-electron chi connectivity index (χ3n) is 4.28. The normalized spacial score (nSPS) is 10.8. The van der Waals surface area contributed by atoms with Crippen LogP contribution in [-0.4, -0.2) is 24.1 Å². The molecular weight excluding hydrogens is 342 g/mol. The number of nitrogens with zero attached hydrogens (tertiary/aromatic N) is 3. The van der Waals surface area contributed by atoms with Gasteiger partial charge in [0.1, 0.15) is 22.7 Å². The van der Waals surface area contributed by atoms with E-state index in [1.54, 1.807) is 24.8 Å². The van der Waals surface area contributed by atoms with E-state index in [0.717, 1.165) is 28.3 Å². The average molecular weight is 361 g/mol. The molecule has 0 N–H and O–H groups in total. The largest absolute Gasteiger partial charge is 0.497 e. The molecule has 0 amide bonds. The highest BCUT2D eigenvalue weighted by Gasteiger charge is 2.13. The maximum Gasteiger partial charge on any atom is 0.140 e. The van der Waals surface area contributed by atoms with Crippen LogP contribution in [0.5, 0.6) is 5.75 Å². The molecule has 0 fully saturated rings. The fraction of sp³-hybridized carbons (Fsp3) is 0.143. The minimum absolute atomic E-state index is 0.750. The number of anilines is 1. The van der Waals surface area contributed by atoms with Gasteiger partial charge in [0.15, 0.2) is 0 Å². The average Bonchev–Trinajstić information content (AvgIpc) is 3.13. The van der Waals surface area contributed by atoms with Crippen LogP contribution < -0.4 is 9.64 Å². The topological polar surface area (TPSA) is 38.2 Å². The van der Waals surface area contributed by atoms with Gasteiger partial charge < -0.3 is 9.64 Å². The second-order valence-electron chi connectivity index (χ2n) is 6.10. The fourth-order valence-electron chi connectivity index (χ4n) is 3.01. The molecule has 4 rings (SSSR count). The Balaban J connectivity index is 1.68. The van der Waals surface area contributed by atoms with Crippen molar-refractivity contribution in [2.75, 3.05) is 19.1 Å². The molecule has 0 bridgehead atoms. The molecule has 0 aliphatic carbocycles. The monoisotopic (exact) mass is 361 g/mol. The number of thiophene rings is 1. The van der Waals surface area contributed by atoms with Gasteiger partial charge in [-0.1, -0.05) is 42.5 Å². The Labute approximate surface area is 156 Å². The van der Waals surface area contributed by atoms with Crippen LogP contribution in [0.3, 0.4) is 0 Å². The van der Waals surface area contributed by atoms with Gasteiger partial charge in [0.25, 0.3) is 0 Å². The van der Waals surface area contributed by atoms with Crippen molar-refractivity contribution >= 4 is 27.4 Å². The van der Waals surface area contributed by atoms with E-state index in [0.29, 0.717) is 0 Å². The van der Waals surface area contributed by atoms with Gasteiger partial charge in [-0.2, -0.15) is 0 Å². The van der Waals surface area contributed by atoms with Crippen molar-refractivity contribution in [1.82, 2.24) is 9.97 Å². The molecule has 5 heteroatoms. The van der Waals surface area contributed by atoms with E-state index in [-0.39, 0.29) is 0 Å². The number of ether oxygens (including phenoxy) is 1. The van der Waals surface area contributed by atoms with Crippen molar-refractivity contribution in [3.8, 4) is 16.2 Å². The van der Waals surface area contributed by atoms with Gasteiger partial charge in [0.05, 0.1) is 12.5 Å². The molecule has 4 nitrogen and oxygen atoms in total. The molecule has 0 aliphatic heterocycles. The standard InChI is InChI=1S/C21H19N3OS/c1-24(13-15-7-6-10-17(11-15)25-2)20-18-12-19(16-8-4-3-5-9-16)26-21(18)23-14-22-20/h3-12,14H,13H2,1-2H3. The smallest absolute Gasteiger partial charge is 0.140 e. The summed E-state index contributed by atoms with van der Waals surface area (Å²) in [5.41, 5.74) is 2.38. The quantitative estimate of drug-likeness (QED) is 0.501. The van der Waals surface area contributed by atoms with E-state index in [1.165, 1.54) is 16.0 Å². The van der Waals surface area contributed by atoms with Gasteiger partial charge in [-0.05, 0) is 29.3 Å². The van der Waals surface area contributed by atoms with Gasteiger partial charge in [-0.25, -0.2) is 9.97 Å². The lowest BCUT2D eigenvalue weighted by atomic mass is 10.1. The number of rotatable bonds is 5. The zero-order chi connectivity index (χ0) is 17.9. The number of hydrogen-bond donors (Lipinski definition) is 0. The number of aromatic nitrogens is 2. The lowest BCUT2D eigenvalue weighted by Crippen LogP contribution is -2.18. The maximum absolute atomic E-state index is 5.32. The Morgan fingerprint density at radius 1 is 1.00 bits per heavy atom. The van der Waals surface area contributed by atoms with Gasteiger partial charge in [0, 0.05) is 18.5 Å². The van der Waals surface area contributed by atoms with Crippen molar-refractivity contribution in [2.45, 2.75) is 6.54 Å². The zero-order valence-electron chi connectivity index (χ0n) is 14.7. The lowest BCUT2D eigenvalue weighted by Gasteiger charge is -2.19. The molecule has 0 spiro atoms. The summed E-state index contributed by atoms with van der Waals surface area (Å²) in [7, 11) is 3.74. The summed E-state index contributed by atoms with van der Waals surface area (Å²) in [6.07, 6.45) is 1.64. The van der Waals surface area contributed by atoms with Crippen LogP contribution >= 0.6 is 11.3 Å². The summed E-state index contributed by atoms with van der Waals surface area (Å²) >= 11 is 1.70. The molecule has 4 aromatic rings. The molecule has 2 heterocycles. The predicted octanol–water partition coefficient (Wildman–Crippen LogP) is 5.00. The first-order chi connectivity index (χ1) is 12.7. The van der Waals surface area contributed by atoms with Crippen LogP contribution in [0.1, 0.15) is 5.56 Å². The molecule has 0 atom stereocenters. The molecule has 2 aromatic carbocycles. The van der Waals surface area contributed by atoms with E-state index < -0.39 is 0 Å². The Kier molecular flexibility index (Phi) is 4.54. The van der Waals surface area contributed by atoms with Crippen LogP contribution in [0.4, 0.5) is 5.82 Å². The molecule has 0 saturated heterocycles. The number of methoxy groups -OCH3 is 1. The molecule has 130 valence electrons. The first-order valence-electron chi connectivity index (χ1n) is 8.38. The van der Waals surface area contributed by atoms with Crippen LogP contribution in [-0.2, 0) is 6.54 Å². The molecule has 2 aromatic heterocycles. The molecular formula is C21H19N3OS. The highest BCUT2D eigenvalue weighted by atomic mass is 32.1. The Morgan fingerprint density at radius 3 is 2.65 bits per heavy atom. The predicted molar refractivity (Wildman–Crippen MR) is 108 cm³/mol. The number of benzene rings is 2. The first-order valence-corrected chi connectivity index (χ1v) is 9.20. The number of fused-ring (bicyclic) bond motifs is 1. The molecule has 26 heavy (non-hydrogen) atoms. The van der Waals surface area contributed by atoms with E-state index in [1.807, 2.05) is 18.2 Å². The molecule has 0 radical (unpaired) electrons. The van der Waals surface area contributed by atoms with Crippen LogP contribution in [0, 0.1) is 0 Å². The first kappa shape index (κ1) is 16.5. The zero-order valence-corrected chi connectivity index (χ0v) is 15.5. The van der Waals surface area contributed by atoms with Gasteiger partial charge >= 0.3 is 0 Å². The van der Waals surface area contributed by atoms with Crippen molar-refractivity contribution in [1.29, 1.82) is 0 Å². The van der Waals surface area contributed by atoms with Gasteiger partial charge in [-0.15, -0.1) is 11.3 Å². The van der Waals surface area contributed by atoms with E-state index in [2.05, 4.69) is 64.4 Å². The fourth-order valence-corrected chi connectivity index (χ4v) is 4.01. The summed E-state index contributed by atoms with van der Waals surface area (Å²) in [6.45, 7) is 0.750. The Hall–Kier alpha value is -2.92. The summed E-state index contributed by atoms with van der Waals surface area (Å²) in [4.78, 5) is 13.4.